The monoisotopic (exact) mass is 373 g/mol. The van der Waals surface area contributed by atoms with Crippen molar-refractivity contribution in [3.63, 3.8) is 0 Å². The predicted octanol–water partition coefficient (Wildman–Crippen LogP) is 4.57. The summed E-state index contributed by atoms with van der Waals surface area (Å²) >= 11 is 8.40. The quantitative estimate of drug-likeness (QED) is 0.793. The van der Waals surface area contributed by atoms with Gasteiger partial charge in [-0.15, -0.1) is 0 Å². The minimum Gasteiger partial charge on any atom is -0.497 e. The van der Waals surface area contributed by atoms with E-state index in [0.717, 1.165) is 32.1 Å². The Morgan fingerprint density at radius 2 is 2.06 bits per heavy atom. The average molecular weight is 374 g/mol. The molecular formula is C14H13ClINO. The van der Waals surface area contributed by atoms with Crippen molar-refractivity contribution in [2.45, 2.75) is 6.54 Å². The van der Waals surface area contributed by atoms with Crippen LogP contribution in [0.15, 0.2) is 42.5 Å². The molecule has 0 aliphatic carbocycles. The number of hydrogen-bond acceptors (Lipinski definition) is 2. The first kappa shape index (κ1) is 13.5. The summed E-state index contributed by atoms with van der Waals surface area (Å²) in [6.07, 6.45) is 0. The van der Waals surface area contributed by atoms with Gasteiger partial charge < -0.3 is 10.1 Å². The van der Waals surface area contributed by atoms with E-state index in [4.69, 9.17) is 16.3 Å². The van der Waals surface area contributed by atoms with Crippen LogP contribution in [0, 0.1) is 3.57 Å². The molecule has 1 N–H and O–H groups in total. The zero-order valence-electron chi connectivity index (χ0n) is 9.91. The maximum Gasteiger partial charge on any atom is 0.119 e. The highest BCUT2D eigenvalue weighted by atomic mass is 127. The third-order valence-corrected chi connectivity index (χ3v) is 3.53. The first-order chi connectivity index (χ1) is 8.69. The van der Waals surface area contributed by atoms with Gasteiger partial charge in [-0.05, 0) is 58.5 Å². The smallest absolute Gasteiger partial charge is 0.119 e. The highest BCUT2D eigenvalue weighted by Crippen LogP contribution is 2.24. The number of benzene rings is 2. The van der Waals surface area contributed by atoms with Crippen LogP contribution >= 0.6 is 34.2 Å². The highest BCUT2D eigenvalue weighted by molar-refractivity contribution is 14.1. The van der Waals surface area contributed by atoms with E-state index in [9.17, 15) is 0 Å². The molecule has 2 aromatic carbocycles. The standard InChI is InChI=1S/C14H13ClINO/c1-18-12-4-2-3-10(7-12)9-17-14-6-5-11(16)8-13(14)15/h2-8,17H,9H2,1H3. The average Bonchev–Trinajstić information content (AvgIpc) is 2.38. The molecule has 0 aliphatic rings. The third-order valence-electron chi connectivity index (χ3n) is 2.55. The van der Waals surface area contributed by atoms with Crippen LogP contribution in [-0.2, 0) is 6.54 Å². The fourth-order valence-electron chi connectivity index (χ4n) is 1.61. The molecule has 0 saturated heterocycles. The minimum atomic E-state index is 0.720. The largest absolute Gasteiger partial charge is 0.497 e. The summed E-state index contributed by atoms with van der Waals surface area (Å²) in [6, 6.07) is 13.9. The van der Waals surface area contributed by atoms with Crippen molar-refractivity contribution in [2.24, 2.45) is 0 Å². The molecule has 2 aromatic rings. The van der Waals surface area contributed by atoms with Crippen molar-refractivity contribution < 1.29 is 4.74 Å². The third kappa shape index (κ3) is 3.53. The van der Waals surface area contributed by atoms with Gasteiger partial charge in [0.1, 0.15) is 5.75 Å². The fraction of sp³-hybridized carbons (Fsp3) is 0.143. The maximum absolute atomic E-state index is 6.16. The molecule has 0 atom stereocenters. The predicted molar refractivity (Wildman–Crippen MR) is 84.5 cm³/mol. The Labute approximate surface area is 125 Å². The van der Waals surface area contributed by atoms with E-state index < -0.39 is 0 Å². The van der Waals surface area contributed by atoms with Crippen LogP contribution in [0.2, 0.25) is 5.02 Å². The summed E-state index contributed by atoms with van der Waals surface area (Å²) in [5.74, 6) is 0.864. The summed E-state index contributed by atoms with van der Waals surface area (Å²) in [4.78, 5) is 0. The van der Waals surface area contributed by atoms with Crippen LogP contribution in [0.1, 0.15) is 5.56 Å². The van der Waals surface area contributed by atoms with Crippen molar-refractivity contribution in [1.29, 1.82) is 0 Å². The summed E-state index contributed by atoms with van der Waals surface area (Å²) in [7, 11) is 1.67. The molecule has 0 spiro atoms. The Morgan fingerprint density at radius 1 is 1.22 bits per heavy atom. The first-order valence-electron chi connectivity index (χ1n) is 5.51. The zero-order valence-corrected chi connectivity index (χ0v) is 12.8. The summed E-state index contributed by atoms with van der Waals surface area (Å²) in [5, 5.41) is 4.06. The number of rotatable bonds is 4. The second kappa shape index (κ2) is 6.29. The number of anilines is 1. The molecule has 2 nitrogen and oxygen atoms in total. The lowest BCUT2D eigenvalue weighted by Gasteiger charge is -2.09. The molecule has 0 aliphatic heterocycles. The maximum atomic E-state index is 6.16. The Balaban J connectivity index is 2.06. The molecule has 0 aromatic heterocycles. The van der Waals surface area contributed by atoms with Gasteiger partial charge in [0.15, 0.2) is 0 Å². The van der Waals surface area contributed by atoms with E-state index >= 15 is 0 Å². The number of nitrogens with one attached hydrogen (secondary N) is 1. The van der Waals surface area contributed by atoms with Gasteiger partial charge in [-0.25, -0.2) is 0 Å². The molecule has 2 rings (SSSR count). The van der Waals surface area contributed by atoms with Gasteiger partial charge in [0.05, 0.1) is 17.8 Å². The van der Waals surface area contributed by atoms with Crippen molar-refractivity contribution in [2.75, 3.05) is 12.4 Å². The lowest BCUT2D eigenvalue weighted by atomic mass is 10.2. The lowest BCUT2D eigenvalue weighted by molar-refractivity contribution is 0.414. The molecule has 94 valence electrons. The summed E-state index contributed by atoms with van der Waals surface area (Å²) in [6.45, 7) is 0.720. The normalized spacial score (nSPS) is 10.2. The molecular weight excluding hydrogens is 361 g/mol. The molecule has 0 amide bonds. The van der Waals surface area contributed by atoms with Gasteiger partial charge in [-0.1, -0.05) is 23.7 Å². The van der Waals surface area contributed by atoms with Crippen molar-refractivity contribution in [3.05, 3.63) is 56.6 Å². The van der Waals surface area contributed by atoms with Crippen LogP contribution in [0.3, 0.4) is 0 Å². The van der Waals surface area contributed by atoms with E-state index in [0.29, 0.717) is 0 Å². The molecule has 18 heavy (non-hydrogen) atoms. The van der Waals surface area contributed by atoms with E-state index in [1.54, 1.807) is 7.11 Å². The first-order valence-corrected chi connectivity index (χ1v) is 6.96. The second-order valence-electron chi connectivity index (χ2n) is 3.83. The molecule has 0 saturated carbocycles. The molecule has 0 radical (unpaired) electrons. The summed E-state index contributed by atoms with van der Waals surface area (Å²) in [5.41, 5.74) is 2.10. The van der Waals surface area contributed by atoms with Crippen molar-refractivity contribution >= 4 is 39.9 Å². The minimum absolute atomic E-state index is 0.720. The number of hydrogen-bond donors (Lipinski definition) is 1. The molecule has 0 bridgehead atoms. The van der Waals surface area contributed by atoms with E-state index in [2.05, 4.69) is 34.0 Å². The Hall–Kier alpha value is -0.940. The van der Waals surface area contributed by atoms with Gasteiger partial charge in [0, 0.05) is 10.1 Å². The van der Waals surface area contributed by atoms with Crippen molar-refractivity contribution in [3.8, 4) is 5.75 Å². The highest BCUT2D eigenvalue weighted by Gasteiger charge is 2.01. The van der Waals surface area contributed by atoms with E-state index in [-0.39, 0.29) is 0 Å². The van der Waals surface area contributed by atoms with Gasteiger partial charge >= 0.3 is 0 Å². The van der Waals surface area contributed by atoms with Gasteiger partial charge in [0.2, 0.25) is 0 Å². The Bertz CT molecular complexity index is 545. The molecule has 0 fully saturated rings. The van der Waals surface area contributed by atoms with Gasteiger partial charge in [-0.3, -0.25) is 0 Å². The fourth-order valence-corrected chi connectivity index (χ4v) is 2.54. The number of ether oxygens (including phenoxy) is 1. The number of methoxy groups -OCH3 is 1. The van der Waals surface area contributed by atoms with Crippen molar-refractivity contribution in [1.82, 2.24) is 0 Å². The second-order valence-corrected chi connectivity index (χ2v) is 5.48. The molecule has 4 heteroatoms. The van der Waals surface area contributed by atoms with Crippen LogP contribution in [0.5, 0.6) is 5.75 Å². The van der Waals surface area contributed by atoms with Crippen LogP contribution < -0.4 is 10.1 Å². The van der Waals surface area contributed by atoms with Gasteiger partial charge in [0.25, 0.3) is 0 Å². The lowest BCUT2D eigenvalue weighted by Crippen LogP contribution is -2.00. The molecule has 0 heterocycles. The summed E-state index contributed by atoms with van der Waals surface area (Å²) < 4.78 is 6.32. The zero-order chi connectivity index (χ0) is 13.0. The van der Waals surface area contributed by atoms with Crippen LogP contribution in [0.4, 0.5) is 5.69 Å². The van der Waals surface area contributed by atoms with Gasteiger partial charge in [-0.2, -0.15) is 0 Å². The molecule has 0 unspecified atom stereocenters. The SMILES string of the molecule is COc1cccc(CNc2ccc(I)cc2Cl)c1. The Morgan fingerprint density at radius 3 is 2.78 bits per heavy atom. The van der Waals surface area contributed by atoms with E-state index in [1.807, 2.05) is 36.4 Å². The number of halogens is 2. The Kier molecular flexibility index (Phi) is 4.72. The van der Waals surface area contributed by atoms with E-state index in [1.165, 1.54) is 0 Å². The topological polar surface area (TPSA) is 21.3 Å². The van der Waals surface area contributed by atoms with Crippen LogP contribution in [0.25, 0.3) is 0 Å². The van der Waals surface area contributed by atoms with Crippen LogP contribution in [-0.4, -0.2) is 7.11 Å².